The fourth-order valence-corrected chi connectivity index (χ4v) is 4.88. The van der Waals surface area contributed by atoms with Crippen molar-refractivity contribution in [2.75, 3.05) is 40.3 Å². The lowest BCUT2D eigenvalue weighted by Gasteiger charge is -2.41. The Morgan fingerprint density at radius 2 is 1.97 bits per heavy atom. The highest BCUT2D eigenvalue weighted by Crippen LogP contribution is 2.36. The predicted molar refractivity (Wildman–Crippen MR) is 130 cm³/mol. The quantitative estimate of drug-likeness (QED) is 0.443. The lowest BCUT2D eigenvalue weighted by molar-refractivity contribution is -0.134. The van der Waals surface area contributed by atoms with E-state index in [4.69, 9.17) is 0 Å². The van der Waals surface area contributed by atoms with Gasteiger partial charge in [-0.05, 0) is 75.5 Å². The van der Waals surface area contributed by atoms with Gasteiger partial charge in [-0.1, -0.05) is 32.1 Å². The molecular formula is C26H37FN4O3. The van der Waals surface area contributed by atoms with Crippen molar-refractivity contribution in [3.05, 3.63) is 47.8 Å². The first-order valence-corrected chi connectivity index (χ1v) is 12.1. The van der Waals surface area contributed by atoms with Crippen molar-refractivity contribution < 1.29 is 18.8 Å². The molecule has 1 aromatic rings. The summed E-state index contributed by atoms with van der Waals surface area (Å²) < 4.78 is 13.9. The molecule has 34 heavy (non-hydrogen) atoms. The van der Waals surface area contributed by atoms with E-state index in [-0.39, 0.29) is 30.0 Å². The van der Waals surface area contributed by atoms with Crippen molar-refractivity contribution in [1.82, 2.24) is 20.0 Å². The fraction of sp³-hybridized carbons (Fsp3) is 0.577. The maximum Gasteiger partial charge on any atom is 0.325 e. The summed E-state index contributed by atoms with van der Waals surface area (Å²) in [6.45, 7) is 6.17. The molecule has 2 fully saturated rings. The number of imide groups is 1. The van der Waals surface area contributed by atoms with Crippen LogP contribution in [0.15, 0.2) is 36.4 Å². The van der Waals surface area contributed by atoms with Crippen molar-refractivity contribution in [3.8, 4) is 0 Å². The van der Waals surface area contributed by atoms with Crippen LogP contribution in [0.2, 0.25) is 0 Å². The standard InChI is InChI=1S/C26H37FN4O3/c1-19(2)9-10-23(32)30-15-11-21(12-16-30)26(18-20-7-5-8-22(27)17-20)24(33)31(25(34)28-26)14-6-13-29(3)4/h5,7-10,17,19,21H,6,11-16,18H2,1-4H3,(H,28,34)/b10-9+. The normalized spacial score (nSPS) is 21.9. The third-order valence-electron chi connectivity index (χ3n) is 6.69. The van der Waals surface area contributed by atoms with Crippen LogP contribution in [0.25, 0.3) is 0 Å². The number of likely N-dealkylation sites (tertiary alicyclic amines) is 1. The van der Waals surface area contributed by atoms with Gasteiger partial charge in [-0.15, -0.1) is 0 Å². The summed E-state index contributed by atoms with van der Waals surface area (Å²) in [5.41, 5.74) is -0.464. The maximum atomic E-state index is 13.9. The predicted octanol–water partition coefficient (Wildman–Crippen LogP) is 3.06. The van der Waals surface area contributed by atoms with E-state index in [1.165, 1.54) is 17.0 Å². The molecule has 8 heteroatoms. The van der Waals surface area contributed by atoms with Crippen LogP contribution >= 0.6 is 0 Å². The molecular weight excluding hydrogens is 435 g/mol. The summed E-state index contributed by atoms with van der Waals surface area (Å²) in [6.07, 6.45) is 5.58. The molecule has 3 rings (SSSR count). The number of amides is 4. The largest absolute Gasteiger partial charge is 0.339 e. The topological polar surface area (TPSA) is 73.0 Å². The fourth-order valence-electron chi connectivity index (χ4n) is 4.88. The SMILES string of the molecule is CC(C)/C=C/C(=O)N1CCC(C2(Cc3cccc(F)c3)NC(=O)N(CCCN(C)C)C2=O)CC1. The molecule has 0 bridgehead atoms. The van der Waals surface area contributed by atoms with Crippen LogP contribution in [0.3, 0.4) is 0 Å². The van der Waals surface area contributed by atoms with E-state index >= 15 is 0 Å². The molecule has 1 aromatic carbocycles. The number of piperidine rings is 1. The van der Waals surface area contributed by atoms with Crippen LogP contribution in [0.1, 0.15) is 38.7 Å². The van der Waals surface area contributed by atoms with Crippen LogP contribution in [-0.2, 0) is 16.0 Å². The second-order valence-corrected chi connectivity index (χ2v) is 10.0. The summed E-state index contributed by atoms with van der Waals surface area (Å²) in [7, 11) is 3.90. The van der Waals surface area contributed by atoms with E-state index in [9.17, 15) is 18.8 Å². The smallest absolute Gasteiger partial charge is 0.325 e. The Hall–Kier alpha value is -2.74. The first-order chi connectivity index (χ1) is 16.1. The van der Waals surface area contributed by atoms with Gasteiger partial charge in [0.2, 0.25) is 5.91 Å². The molecule has 4 amide bonds. The van der Waals surface area contributed by atoms with Crippen molar-refractivity contribution in [2.24, 2.45) is 11.8 Å². The van der Waals surface area contributed by atoms with Gasteiger partial charge in [-0.2, -0.15) is 0 Å². The highest BCUT2D eigenvalue weighted by molar-refractivity contribution is 6.07. The Morgan fingerprint density at radius 3 is 2.59 bits per heavy atom. The second-order valence-electron chi connectivity index (χ2n) is 10.0. The van der Waals surface area contributed by atoms with Gasteiger partial charge in [-0.25, -0.2) is 9.18 Å². The molecule has 7 nitrogen and oxygen atoms in total. The number of halogens is 1. The zero-order valence-electron chi connectivity index (χ0n) is 20.7. The number of urea groups is 1. The molecule has 0 saturated carbocycles. The molecule has 0 aromatic heterocycles. The molecule has 2 aliphatic rings. The molecule has 1 N–H and O–H groups in total. The molecule has 1 atom stereocenters. The van der Waals surface area contributed by atoms with Crippen LogP contribution < -0.4 is 5.32 Å². The Balaban J connectivity index is 1.80. The summed E-state index contributed by atoms with van der Waals surface area (Å²) in [5.74, 6) is -0.502. The first-order valence-electron chi connectivity index (χ1n) is 12.1. The molecule has 186 valence electrons. The van der Waals surface area contributed by atoms with E-state index in [2.05, 4.69) is 5.32 Å². The number of nitrogens with zero attached hydrogens (tertiary/aromatic N) is 3. The third-order valence-corrected chi connectivity index (χ3v) is 6.69. The van der Waals surface area contributed by atoms with Gasteiger partial charge < -0.3 is 15.1 Å². The minimum absolute atomic E-state index is 0.0292. The Morgan fingerprint density at radius 1 is 1.26 bits per heavy atom. The number of hydrogen-bond donors (Lipinski definition) is 1. The van der Waals surface area contributed by atoms with Crippen LogP contribution in [0.5, 0.6) is 0 Å². The molecule has 2 saturated heterocycles. The first kappa shape index (κ1) is 25.9. The zero-order valence-corrected chi connectivity index (χ0v) is 20.7. The number of benzene rings is 1. The Kier molecular flexibility index (Phi) is 8.47. The lowest BCUT2D eigenvalue weighted by Crippen LogP contribution is -2.58. The number of allylic oxidation sites excluding steroid dienone is 1. The van der Waals surface area contributed by atoms with Gasteiger partial charge >= 0.3 is 6.03 Å². The Bertz CT molecular complexity index is 924. The van der Waals surface area contributed by atoms with Crippen molar-refractivity contribution in [3.63, 3.8) is 0 Å². The average molecular weight is 473 g/mol. The molecule has 0 aliphatic carbocycles. The van der Waals surface area contributed by atoms with Gasteiger partial charge in [0.1, 0.15) is 11.4 Å². The number of hydrogen-bond acceptors (Lipinski definition) is 4. The van der Waals surface area contributed by atoms with E-state index in [0.29, 0.717) is 50.4 Å². The zero-order chi connectivity index (χ0) is 24.9. The Labute approximate surface area is 202 Å². The molecule has 2 heterocycles. The number of carbonyl (C=O) groups excluding carboxylic acids is 3. The van der Waals surface area contributed by atoms with Gasteiger partial charge in [0.15, 0.2) is 0 Å². The highest BCUT2D eigenvalue weighted by atomic mass is 19.1. The van der Waals surface area contributed by atoms with Crippen LogP contribution in [0.4, 0.5) is 9.18 Å². The minimum Gasteiger partial charge on any atom is -0.339 e. The summed E-state index contributed by atoms with van der Waals surface area (Å²) >= 11 is 0. The lowest BCUT2D eigenvalue weighted by atomic mass is 9.74. The minimum atomic E-state index is -1.13. The summed E-state index contributed by atoms with van der Waals surface area (Å²) in [4.78, 5) is 44.3. The van der Waals surface area contributed by atoms with Gasteiger partial charge in [0.05, 0.1) is 0 Å². The van der Waals surface area contributed by atoms with E-state index in [1.807, 2.05) is 38.9 Å². The third kappa shape index (κ3) is 6.03. The highest BCUT2D eigenvalue weighted by Gasteiger charge is 2.55. The molecule has 0 spiro atoms. The molecule has 0 radical (unpaired) electrons. The van der Waals surface area contributed by atoms with Crippen LogP contribution in [0, 0.1) is 17.7 Å². The van der Waals surface area contributed by atoms with Gasteiger partial charge in [-0.3, -0.25) is 14.5 Å². The van der Waals surface area contributed by atoms with Crippen molar-refractivity contribution in [1.29, 1.82) is 0 Å². The maximum absolute atomic E-state index is 13.9. The second kappa shape index (κ2) is 11.1. The van der Waals surface area contributed by atoms with E-state index < -0.39 is 11.6 Å². The number of carbonyl (C=O) groups is 3. The number of rotatable bonds is 9. The van der Waals surface area contributed by atoms with Gasteiger partial charge in [0.25, 0.3) is 5.91 Å². The summed E-state index contributed by atoms with van der Waals surface area (Å²) in [5, 5.41) is 3.01. The van der Waals surface area contributed by atoms with Crippen molar-refractivity contribution >= 4 is 17.8 Å². The van der Waals surface area contributed by atoms with Crippen LogP contribution in [-0.4, -0.2) is 78.4 Å². The number of nitrogens with one attached hydrogen (secondary N) is 1. The molecule has 1 unspecified atom stereocenters. The monoisotopic (exact) mass is 472 g/mol. The average Bonchev–Trinajstić information content (AvgIpc) is 3.02. The summed E-state index contributed by atoms with van der Waals surface area (Å²) in [6, 6.07) is 5.81. The van der Waals surface area contributed by atoms with E-state index in [0.717, 1.165) is 6.54 Å². The van der Waals surface area contributed by atoms with Gasteiger partial charge in [0, 0.05) is 26.1 Å². The van der Waals surface area contributed by atoms with Crippen molar-refractivity contribution in [2.45, 2.75) is 45.1 Å². The molecule has 2 aliphatic heterocycles. The van der Waals surface area contributed by atoms with E-state index in [1.54, 1.807) is 23.1 Å².